The first-order chi connectivity index (χ1) is 16.4. The van der Waals surface area contributed by atoms with Gasteiger partial charge in [0.15, 0.2) is 0 Å². The van der Waals surface area contributed by atoms with E-state index in [-0.39, 0.29) is 0 Å². The molecular weight excluding hydrogens is 416 g/mol. The average Bonchev–Trinajstić information content (AvgIpc) is 3.27. The Hall–Kier alpha value is -3.94. The SMILES string of the molecule is C(=Cc1ccccc1-c1cccc(-c2cccc3c2sc2ccccc23)c1)c1ccccc1. The molecule has 0 nitrogen and oxygen atoms in total. The van der Waals surface area contributed by atoms with Gasteiger partial charge in [0.1, 0.15) is 0 Å². The lowest BCUT2D eigenvalue weighted by molar-refractivity contribution is 1.58. The summed E-state index contributed by atoms with van der Waals surface area (Å²) in [5.74, 6) is 0. The molecule has 0 aliphatic heterocycles. The second kappa shape index (κ2) is 8.54. The van der Waals surface area contributed by atoms with E-state index in [0.717, 1.165) is 0 Å². The third-order valence-corrected chi connectivity index (χ3v) is 7.32. The van der Waals surface area contributed by atoms with Gasteiger partial charge in [-0.05, 0) is 45.5 Å². The van der Waals surface area contributed by atoms with Crippen LogP contribution in [0, 0.1) is 0 Å². The van der Waals surface area contributed by atoms with Crippen LogP contribution in [-0.4, -0.2) is 0 Å². The second-order valence-electron chi connectivity index (χ2n) is 8.19. The molecule has 156 valence electrons. The Morgan fingerprint density at radius 2 is 1.15 bits per heavy atom. The molecule has 0 bridgehead atoms. The highest BCUT2D eigenvalue weighted by Gasteiger charge is 2.11. The highest BCUT2D eigenvalue weighted by molar-refractivity contribution is 7.26. The summed E-state index contributed by atoms with van der Waals surface area (Å²) < 4.78 is 2.70. The molecule has 0 fully saturated rings. The van der Waals surface area contributed by atoms with Gasteiger partial charge in [-0.15, -0.1) is 11.3 Å². The van der Waals surface area contributed by atoms with Crippen LogP contribution in [0.5, 0.6) is 0 Å². The van der Waals surface area contributed by atoms with Gasteiger partial charge >= 0.3 is 0 Å². The van der Waals surface area contributed by atoms with E-state index in [9.17, 15) is 0 Å². The Balaban J connectivity index is 1.45. The largest absolute Gasteiger partial charge is 0.135 e. The minimum absolute atomic E-state index is 1.21. The molecule has 6 rings (SSSR count). The van der Waals surface area contributed by atoms with Crippen LogP contribution in [0.25, 0.3) is 54.6 Å². The fourth-order valence-corrected chi connectivity index (χ4v) is 5.72. The molecule has 0 radical (unpaired) electrons. The molecule has 0 saturated carbocycles. The molecule has 0 aliphatic rings. The lowest BCUT2D eigenvalue weighted by Gasteiger charge is -2.10. The molecule has 1 heteroatoms. The first kappa shape index (κ1) is 19.7. The molecule has 33 heavy (non-hydrogen) atoms. The predicted octanol–water partition coefficient (Wildman–Crippen LogP) is 9.56. The molecule has 0 amide bonds. The Bertz CT molecular complexity index is 1600. The predicted molar refractivity (Wildman–Crippen MR) is 146 cm³/mol. The van der Waals surface area contributed by atoms with E-state index in [1.807, 2.05) is 17.4 Å². The normalized spacial score (nSPS) is 11.5. The summed E-state index contributed by atoms with van der Waals surface area (Å²) in [5.41, 5.74) is 7.46. The molecule has 0 N–H and O–H groups in total. The summed E-state index contributed by atoms with van der Waals surface area (Å²) >= 11 is 1.88. The van der Waals surface area contributed by atoms with E-state index in [4.69, 9.17) is 0 Å². The summed E-state index contributed by atoms with van der Waals surface area (Å²) in [4.78, 5) is 0. The zero-order valence-corrected chi connectivity index (χ0v) is 18.9. The van der Waals surface area contributed by atoms with Crippen LogP contribution in [0.2, 0.25) is 0 Å². The van der Waals surface area contributed by atoms with Crippen molar-refractivity contribution >= 4 is 43.7 Å². The summed E-state index contributed by atoms with van der Waals surface area (Å²) in [6.45, 7) is 0. The number of thiophene rings is 1. The summed E-state index contributed by atoms with van der Waals surface area (Å²) in [6, 6.07) is 43.4. The topological polar surface area (TPSA) is 0 Å². The number of fused-ring (bicyclic) bond motifs is 3. The second-order valence-corrected chi connectivity index (χ2v) is 9.24. The molecule has 0 saturated heterocycles. The van der Waals surface area contributed by atoms with E-state index in [2.05, 4.69) is 127 Å². The zero-order chi connectivity index (χ0) is 22.0. The van der Waals surface area contributed by atoms with E-state index in [1.54, 1.807) is 0 Å². The zero-order valence-electron chi connectivity index (χ0n) is 18.1. The fraction of sp³-hybridized carbons (Fsp3) is 0. The van der Waals surface area contributed by atoms with Gasteiger partial charge in [-0.3, -0.25) is 0 Å². The van der Waals surface area contributed by atoms with Gasteiger partial charge in [-0.1, -0.05) is 121 Å². The molecule has 1 heterocycles. The maximum absolute atomic E-state index is 2.33. The van der Waals surface area contributed by atoms with Crippen molar-refractivity contribution in [3.05, 3.63) is 132 Å². The number of hydrogen-bond donors (Lipinski definition) is 0. The summed E-state index contributed by atoms with van der Waals surface area (Å²) in [7, 11) is 0. The fourth-order valence-electron chi connectivity index (χ4n) is 4.48. The third kappa shape index (κ3) is 3.77. The maximum Gasteiger partial charge on any atom is 0.0433 e. The standard InChI is InChI=1S/C32H22S/c1-2-10-23(11-3-1)20-21-24-12-4-5-15-27(24)25-13-8-14-26(22-25)28-17-9-18-30-29-16-6-7-19-31(29)33-32(28)30/h1-22H. The first-order valence-electron chi connectivity index (χ1n) is 11.2. The van der Waals surface area contributed by atoms with Crippen molar-refractivity contribution in [1.29, 1.82) is 0 Å². The van der Waals surface area contributed by atoms with Crippen LogP contribution >= 0.6 is 11.3 Å². The van der Waals surface area contributed by atoms with Crippen molar-refractivity contribution in [2.24, 2.45) is 0 Å². The Morgan fingerprint density at radius 1 is 0.485 bits per heavy atom. The van der Waals surface area contributed by atoms with Crippen LogP contribution < -0.4 is 0 Å². The van der Waals surface area contributed by atoms with Gasteiger partial charge in [0.2, 0.25) is 0 Å². The highest BCUT2D eigenvalue weighted by Crippen LogP contribution is 2.40. The van der Waals surface area contributed by atoms with Gasteiger partial charge < -0.3 is 0 Å². The number of hydrogen-bond acceptors (Lipinski definition) is 1. The van der Waals surface area contributed by atoms with Crippen LogP contribution in [0.4, 0.5) is 0 Å². The quantitative estimate of drug-likeness (QED) is 0.240. The van der Waals surface area contributed by atoms with Crippen molar-refractivity contribution in [2.75, 3.05) is 0 Å². The smallest absolute Gasteiger partial charge is 0.0433 e. The summed E-state index contributed by atoms with van der Waals surface area (Å²) in [5, 5.41) is 2.68. The van der Waals surface area contributed by atoms with Gasteiger partial charge in [0.25, 0.3) is 0 Å². The van der Waals surface area contributed by atoms with Gasteiger partial charge in [-0.25, -0.2) is 0 Å². The van der Waals surface area contributed by atoms with Crippen molar-refractivity contribution in [2.45, 2.75) is 0 Å². The number of benzene rings is 5. The molecule has 6 aromatic rings. The minimum atomic E-state index is 1.21. The van der Waals surface area contributed by atoms with Crippen molar-refractivity contribution in [3.63, 3.8) is 0 Å². The third-order valence-electron chi connectivity index (χ3n) is 6.10. The first-order valence-corrected chi connectivity index (χ1v) is 12.0. The average molecular weight is 439 g/mol. The van der Waals surface area contributed by atoms with E-state index in [1.165, 1.54) is 53.6 Å². The Morgan fingerprint density at radius 3 is 2.06 bits per heavy atom. The lowest BCUT2D eigenvalue weighted by Crippen LogP contribution is -1.85. The van der Waals surface area contributed by atoms with Crippen molar-refractivity contribution in [3.8, 4) is 22.3 Å². The van der Waals surface area contributed by atoms with Gasteiger partial charge in [0.05, 0.1) is 0 Å². The summed E-state index contributed by atoms with van der Waals surface area (Å²) in [6.07, 6.45) is 4.39. The van der Waals surface area contributed by atoms with Crippen LogP contribution in [-0.2, 0) is 0 Å². The van der Waals surface area contributed by atoms with Crippen molar-refractivity contribution < 1.29 is 0 Å². The highest BCUT2D eigenvalue weighted by atomic mass is 32.1. The molecule has 5 aromatic carbocycles. The maximum atomic E-state index is 2.33. The van der Waals surface area contributed by atoms with Gasteiger partial charge in [-0.2, -0.15) is 0 Å². The monoisotopic (exact) mass is 438 g/mol. The van der Waals surface area contributed by atoms with E-state index < -0.39 is 0 Å². The molecule has 0 aliphatic carbocycles. The van der Waals surface area contributed by atoms with Crippen molar-refractivity contribution in [1.82, 2.24) is 0 Å². The molecule has 0 unspecified atom stereocenters. The van der Waals surface area contributed by atoms with E-state index >= 15 is 0 Å². The Labute approximate surface area is 198 Å². The molecule has 0 atom stereocenters. The van der Waals surface area contributed by atoms with Crippen LogP contribution in [0.1, 0.15) is 11.1 Å². The Kier molecular flexibility index (Phi) is 5.10. The molecule has 1 aromatic heterocycles. The van der Waals surface area contributed by atoms with E-state index in [0.29, 0.717) is 0 Å². The number of rotatable bonds is 4. The minimum Gasteiger partial charge on any atom is -0.135 e. The van der Waals surface area contributed by atoms with Crippen LogP contribution in [0.3, 0.4) is 0 Å². The van der Waals surface area contributed by atoms with Gasteiger partial charge in [0, 0.05) is 20.2 Å². The molecular formula is C32H22S. The lowest BCUT2D eigenvalue weighted by atomic mass is 9.95. The van der Waals surface area contributed by atoms with Crippen LogP contribution in [0.15, 0.2) is 121 Å². The molecule has 0 spiro atoms.